The third-order valence-corrected chi connectivity index (χ3v) is 4.70. The smallest absolute Gasteiger partial charge is 0.191 e. The SMILES string of the molecule is CCCOc1cc(C)ccc1CNC(=NCc1cccc(Cn2cncn2)c1)NCC. The highest BCUT2D eigenvalue weighted by Crippen LogP contribution is 2.20. The zero-order chi connectivity index (χ0) is 21.9. The molecule has 0 aliphatic carbocycles. The minimum atomic E-state index is 0.591. The van der Waals surface area contributed by atoms with E-state index in [-0.39, 0.29) is 0 Å². The van der Waals surface area contributed by atoms with Crippen molar-refractivity contribution < 1.29 is 4.74 Å². The highest BCUT2D eigenvalue weighted by molar-refractivity contribution is 5.79. The lowest BCUT2D eigenvalue weighted by molar-refractivity contribution is 0.313. The van der Waals surface area contributed by atoms with Crippen molar-refractivity contribution in [2.45, 2.75) is 46.8 Å². The van der Waals surface area contributed by atoms with Crippen LogP contribution in [-0.4, -0.2) is 33.9 Å². The molecule has 3 rings (SSSR count). The van der Waals surface area contributed by atoms with E-state index in [4.69, 9.17) is 9.73 Å². The number of nitrogens with zero attached hydrogens (tertiary/aromatic N) is 4. The van der Waals surface area contributed by atoms with Crippen LogP contribution in [0.4, 0.5) is 0 Å². The molecule has 3 aromatic rings. The Kier molecular flexibility index (Phi) is 8.46. The van der Waals surface area contributed by atoms with Crippen LogP contribution >= 0.6 is 0 Å². The highest BCUT2D eigenvalue weighted by atomic mass is 16.5. The number of hydrogen-bond acceptors (Lipinski definition) is 4. The van der Waals surface area contributed by atoms with E-state index in [0.29, 0.717) is 19.6 Å². The largest absolute Gasteiger partial charge is 0.493 e. The van der Waals surface area contributed by atoms with Gasteiger partial charge >= 0.3 is 0 Å². The molecule has 0 fully saturated rings. The molecule has 0 amide bonds. The molecular formula is C24H32N6O. The van der Waals surface area contributed by atoms with Gasteiger partial charge in [0.1, 0.15) is 18.4 Å². The van der Waals surface area contributed by atoms with Crippen molar-refractivity contribution in [3.05, 3.63) is 77.4 Å². The number of benzene rings is 2. The van der Waals surface area contributed by atoms with Crippen molar-refractivity contribution >= 4 is 5.96 Å². The molecule has 2 N–H and O–H groups in total. The zero-order valence-corrected chi connectivity index (χ0v) is 18.6. The van der Waals surface area contributed by atoms with Crippen LogP contribution in [0.3, 0.4) is 0 Å². The van der Waals surface area contributed by atoms with Crippen LogP contribution in [0, 0.1) is 6.92 Å². The van der Waals surface area contributed by atoms with Crippen molar-refractivity contribution in [1.82, 2.24) is 25.4 Å². The van der Waals surface area contributed by atoms with Gasteiger partial charge in [0.05, 0.1) is 19.7 Å². The maximum atomic E-state index is 5.93. The second-order valence-electron chi connectivity index (χ2n) is 7.42. The van der Waals surface area contributed by atoms with E-state index in [1.165, 1.54) is 11.1 Å². The fourth-order valence-corrected chi connectivity index (χ4v) is 3.17. The quantitative estimate of drug-likeness (QED) is 0.387. The highest BCUT2D eigenvalue weighted by Gasteiger charge is 2.06. The molecule has 1 aromatic heterocycles. The Morgan fingerprint density at radius 1 is 1.10 bits per heavy atom. The lowest BCUT2D eigenvalue weighted by Gasteiger charge is -2.15. The molecule has 0 saturated heterocycles. The number of ether oxygens (including phenoxy) is 1. The Bertz CT molecular complexity index is 968. The number of rotatable bonds is 10. The third kappa shape index (κ3) is 7.13. The maximum Gasteiger partial charge on any atom is 0.191 e. The van der Waals surface area contributed by atoms with Gasteiger partial charge in [-0.05, 0) is 43.0 Å². The van der Waals surface area contributed by atoms with E-state index >= 15 is 0 Å². The lowest BCUT2D eigenvalue weighted by Crippen LogP contribution is -2.36. The average Bonchev–Trinajstić information content (AvgIpc) is 3.28. The minimum Gasteiger partial charge on any atom is -0.493 e. The molecule has 31 heavy (non-hydrogen) atoms. The molecule has 0 saturated carbocycles. The van der Waals surface area contributed by atoms with Crippen LogP contribution in [0.2, 0.25) is 0 Å². The monoisotopic (exact) mass is 420 g/mol. The first-order valence-electron chi connectivity index (χ1n) is 10.8. The van der Waals surface area contributed by atoms with Crippen molar-refractivity contribution in [3.63, 3.8) is 0 Å². The molecule has 164 valence electrons. The summed E-state index contributed by atoms with van der Waals surface area (Å²) in [7, 11) is 0. The van der Waals surface area contributed by atoms with E-state index < -0.39 is 0 Å². The summed E-state index contributed by atoms with van der Waals surface area (Å²) in [5, 5.41) is 10.9. The molecular weight excluding hydrogens is 388 g/mol. The number of aryl methyl sites for hydroxylation is 1. The summed E-state index contributed by atoms with van der Waals surface area (Å²) in [6, 6.07) is 14.7. The van der Waals surface area contributed by atoms with E-state index in [2.05, 4.69) is 84.0 Å². The fourth-order valence-electron chi connectivity index (χ4n) is 3.17. The van der Waals surface area contributed by atoms with Gasteiger partial charge in [-0.1, -0.05) is 43.3 Å². The van der Waals surface area contributed by atoms with Crippen LogP contribution < -0.4 is 15.4 Å². The Hall–Kier alpha value is -3.35. The summed E-state index contributed by atoms with van der Waals surface area (Å²) in [6.07, 6.45) is 4.26. The van der Waals surface area contributed by atoms with Gasteiger partial charge in [-0.2, -0.15) is 5.10 Å². The Morgan fingerprint density at radius 2 is 1.97 bits per heavy atom. The standard InChI is InChI=1S/C24H32N6O/c1-4-11-31-23-12-19(3)9-10-22(23)15-28-24(26-5-2)27-14-20-7-6-8-21(13-20)16-30-18-25-17-29-30/h6-10,12-13,17-18H,4-5,11,14-16H2,1-3H3,(H2,26,27,28). The van der Waals surface area contributed by atoms with Crippen molar-refractivity contribution in [2.75, 3.05) is 13.2 Å². The normalized spacial score (nSPS) is 11.4. The summed E-state index contributed by atoms with van der Waals surface area (Å²) in [6.45, 7) is 9.72. The third-order valence-electron chi connectivity index (χ3n) is 4.70. The van der Waals surface area contributed by atoms with Crippen LogP contribution in [0.15, 0.2) is 60.1 Å². The van der Waals surface area contributed by atoms with Crippen LogP contribution in [0.25, 0.3) is 0 Å². The first-order chi connectivity index (χ1) is 15.2. The summed E-state index contributed by atoms with van der Waals surface area (Å²) in [5.74, 6) is 1.72. The molecule has 0 bridgehead atoms. The number of nitrogens with one attached hydrogen (secondary N) is 2. The molecule has 1 heterocycles. The predicted octanol–water partition coefficient (Wildman–Crippen LogP) is 3.68. The second-order valence-corrected chi connectivity index (χ2v) is 7.42. The topological polar surface area (TPSA) is 76.4 Å². The van der Waals surface area contributed by atoms with Gasteiger partial charge in [-0.25, -0.2) is 14.7 Å². The van der Waals surface area contributed by atoms with E-state index in [9.17, 15) is 0 Å². The second kappa shape index (κ2) is 11.7. The van der Waals surface area contributed by atoms with Gasteiger partial charge in [-0.15, -0.1) is 0 Å². The van der Waals surface area contributed by atoms with Gasteiger partial charge in [0, 0.05) is 18.7 Å². The number of aromatic nitrogens is 3. The fraction of sp³-hybridized carbons (Fsp3) is 0.375. The predicted molar refractivity (Wildman–Crippen MR) is 124 cm³/mol. The zero-order valence-electron chi connectivity index (χ0n) is 18.6. The van der Waals surface area contributed by atoms with Gasteiger partial charge in [0.15, 0.2) is 5.96 Å². The van der Waals surface area contributed by atoms with Gasteiger partial charge in [0.2, 0.25) is 0 Å². The van der Waals surface area contributed by atoms with Gasteiger partial charge in [-0.3, -0.25) is 0 Å². The Morgan fingerprint density at radius 3 is 2.74 bits per heavy atom. The van der Waals surface area contributed by atoms with Gasteiger partial charge < -0.3 is 15.4 Å². The van der Waals surface area contributed by atoms with Gasteiger partial charge in [0.25, 0.3) is 0 Å². The molecule has 0 aliphatic rings. The summed E-state index contributed by atoms with van der Waals surface area (Å²) >= 11 is 0. The number of aliphatic imine (C=N–C) groups is 1. The lowest BCUT2D eigenvalue weighted by atomic mass is 10.1. The molecule has 0 radical (unpaired) electrons. The minimum absolute atomic E-state index is 0.591. The molecule has 0 unspecified atom stereocenters. The molecule has 0 aliphatic heterocycles. The molecule has 7 heteroatoms. The first-order valence-corrected chi connectivity index (χ1v) is 10.8. The van der Waals surface area contributed by atoms with Crippen molar-refractivity contribution in [1.29, 1.82) is 0 Å². The van der Waals surface area contributed by atoms with Crippen molar-refractivity contribution in [3.8, 4) is 5.75 Å². The summed E-state index contributed by atoms with van der Waals surface area (Å²) < 4.78 is 7.75. The van der Waals surface area contributed by atoms with E-state index in [1.807, 2.05) is 4.68 Å². The molecule has 7 nitrogen and oxygen atoms in total. The average molecular weight is 421 g/mol. The summed E-state index contributed by atoms with van der Waals surface area (Å²) in [5.41, 5.74) is 4.64. The molecule has 0 atom stereocenters. The van der Waals surface area contributed by atoms with Crippen LogP contribution in [0.1, 0.15) is 42.5 Å². The van der Waals surface area contributed by atoms with E-state index in [0.717, 1.165) is 42.4 Å². The Labute approximate surface area is 184 Å². The van der Waals surface area contributed by atoms with E-state index in [1.54, 1.807) is 12.7 Å². The van der Waals surface area contributed by atoms with Crippen LogP contribution in [0.5, 0.6) is 5.75 Å². The van der Waals surface area contributed by atoms with Crippen LogP contribution in [-0.2, 0) is 19.6 Å². The molecule has 0 spiro atoms. The Balaban J connectivity index is 1.64. The maximum absolute atomic E-state index is 5.93. The number of hydrogen-bond donors (Lipinski definition) is 2. The number of guanidine groups is 1. The molecule has 2 aromatic carbocycles. The van der Waals surface area contributed by atoms with Crippen molar-refractivity contribution in [2.24, 2.45) is 4.99 Å². The summed E-state index contributed by atoms with van der Waals surface area (Å²) in [4.78, 5) is 8.76. The first kappa shape index (κ1) is 22.3.